The molecule has 2 aromatic heterocycles. The van der Waals surface area contributed by atoms with E-state index in [0.717, 1.165) is 48.6 Å². The Morgan fingerprint density at radius 3 is 2.71 bits per heavy atom. The average molecular weight is 378 g/mol. The molecule has 0 aliphatic carbocycles. The van der Waals surface area contributed by atoms with Crippen LogP contribution in [-0.2, 0) is 12.8 Å². The molecule has 0 amide bonds. The number of fused-ring (bicyclic) bond motifs is 1. The largest absolute Gasteiger partial charge is 0.361 e. The number of nitrogens with zero attached hydrogens (tertiary/aromatic N) is 4. The Balaban J connectivity index is 1.32. The van der Waals surface area contributed by atoms with Gasteiger partial charge < -0.3 is 9.05 Å². The minimum absolute atomic E-state index is 0.351. The van der Waals surface area contributed by atoms with Gasteiger partial charge in [-0.15, -0.1) is 0 Å². The van der Waals surface area contributed by atoms with E-state index in [2.05, 4.69) is 45.5 Å². The van der Waals surface area contributed by atoms with Gasteiger partial charge in [-0.3, -0.25) is 4.90 Å². The van der Waals surface area contributed by atoms with E-state index in [1.54, 1.807) is 0 Å². The lowest BCUT2D eigenvalue weighted by molar-refractivity contribution is 0.243. The Kier molecular flexibility index (Phi) is 4.51. The summed E-state index contributed by atoms with van der Waals surface area (Å²) < 4.78 is 10.9. The van der Waals surface area contributed by atoms with E-state index in [1.165, 1.54) is 18.4 Å². The molecular formula is C22H26N4O2. The van der Waals surface area contributed by atoms with Crippen molar-refractivity contribution in [1.82, 2.24) is 20.2 Å². The zero-order valence-electron chi connectivity index (χ0n) is 16.5. The Bertz CT molecular complexity index is 929. The lowest BCUT2D eigenvalue weighted by atomic mass is 9.94. The van der Waals surface area contributed by atoms with Crippen molar-refractivity contribution in [3.8, 4) is 0 Å². The maximum Gasteiger partial charge on any atom is 0.226 e. The van der Waals surface area contributed by atoms with Gasteiger partial charge in [0.2, 0.25) is 5.89 Å². The summed E-state index contributed by atoms with van der Waals surface area (Å²) in [5, 5.41) is 8.40. The van der Waals surface area contributed by atoms with Crippen LogP contribution in [0.4, 0.5) is 0 Å². The minimum Gasteiger partial charge on any atom is -0.361 e. The van der Waals surface area contributed by atoms with Crippen LogP contribution >= 0.6 is 0 Å². The van der Waals surface area contributed by atoms with Crippen LogP contribution in [0.2, 0.25) is 0 Å². The summed E-state index contributed by atoms with van der Waals surface area (Å²) in [7, 11) is 0. The van der Waals surface area contributed by atoms with Crippen molar-refractivity contribution in [3.05, 3.63) is 64.6 Å². The monoisotopic (exact) mass is 378 g/mol. The van der Waals surface area contributed by atoms with Crippen molar-refractivity contribution < 1.29 is 9.05 Å². The Hall–Kier alpha value is -2.47. The Labute approximate surface area is 164 Å². The molecule has 0 saturated carbocycles. The molecule has 28 heavy (non-hydrogen) atoms. The van der Waals surface area contributed by atoms with Gasteiger partial charge >= 0.3 is 0 Å². The predicted octanol–water partition coefficient (Wildman–Crippen LogP) is 4.15. The summed E-state index contributed by atoms with van der Waals surface area (Å²) in [5.41, 5.74) is 3.49. The topological polar surface area (TPSA) is 68.2 Å². The first-order valence-corrected chi connectivity index (χ1v) is 10.3. The molecule has 5 rings (SSSR count). The summed E-state index contributed by atoms with van der Waals surface area (Å²) in [4.78, 5) is 7.44. The molecule has 0 bridgehead atoms. The summed E-state index contributed by atoms with van der Waals surface area (Å²) in [5.74, 6) is 2.82. The number of hydrogen-bond donors (Lipinski definition) is 0. The zero-order chi connectivity index (χ0) is 19.1. The van der Waals surface area contributed by atoms with E-state index in [4.69, 9.17) is 14.0 Å². The molecule has 2 saturated heterocycles. The maximum absolute atomic E-state index is 5.61. The van der Waals surface area contributed by atoms with Crippen molar-refractivity contribution in [1.29, 1.82) is 0 Å². The van der Waals surface area contributed by atoms with Crippen molar-refractivity contribution >= 4 is 0 Å². The SMILES string of the molecule is Cc1noc(C)c1CCc1nc([C@H]2C[C@@H](c3ccccc3)N3CCC[C@H]23)no1. The fourth-order valence-corrected chi connectivity index (χ4v) is 5.06. The Morgan fingerprint density at radius 1 is 1.07 bits per heavy atom. The molecule has 0 N–H and O–H groups in total. The standard InChI is InChI=1S/C22H26N4O2/c1-14-17(15(2)27-24-14)10-11-21-23-22(25-28-21)18-13-20(16-7-4-3-5-8-16)26-12-6-9-19(18)26/h3-5,7-8,18-20H,6,9-13H2,1-2H3/t18-,19+,20-/m0/s1. The van der Waals surface area contributed by atoms with Crippen molar-refractivity contribution in [2.24, 2.45) is 0 Å². The van der Waals surface area contributed by atoms with Gasteiger partial charge in [0, 0.05) is 30.0 Å². The molecule has 3 aromatic rings. The zero-order valence-corrected chi connectivity index (χ0v) is 16.5. The molecule has 0 spiro atoms. The second kappa shape index (κ2) is 7.17. The van der Waals surface area contributed by atoms with Gasteiger partial charge in [0.05, 0.1) is 5.69 Å². The van der Waals surface area contributed by atoms with Crippen LogP contribution in [0.1, 0.15) is 65.5 Å². The summed E-state index contributed by atoms with van der Waals surface area (Å²) in [6, 6.07) is 11.8. The van der Waals surface area contributed by atoms with E-state index in [9.17, 15) is 0 Å². The lowest BCUT2D eigenvalue weighted by Crippen LogP contribution is -2.27. The third-order valence-electron chi connectivity index (χ3n) is 6.45. The number of rotatable bonds is 5. The van der Waals surface area contributed by atoms with Crippen LogP contribution in [0.3, 0.4) is 0 Å². The quantitative estimate of drug-likeness (QED) is 0.664. The number of aromatic nitrogens is 3. The molecular weight excluding hydrogens is 352 g/mol. The lowest BCUT2D eigenvalue weighted by Gasteiger charge is -2.24. The molecule has 0 unspecified atom stereocenters. The first-order chi connectivity index (χ1) is 13.7. The van der Waals surface area contributed by atoms with E-state index in [0.29, 0.717) is 23.9 Å². The molecule has 2 aliphatic rings. The van der Waals surface area contributed by atoms with Crippen molar-refractivity contribution in [2.45, 2.75) is 64.0 Å². The number of aryl methyl sites for hydroxylation is 3. The molecule has 2 aliphatic heterocycles. The minimum atomic E-state index is 0.351. The molecule has 6 heteroatoms. The fourth-order valence-electron chi connectivity index (χ4n) is 5.06. The maximum atomic E-state index is 5.61. The van der Waals surface area contributed by atoms with Crippen LogP contribution in [0.15, 0.2) is 39.4 Å². The molecule has 0 radical (unpaired) electrons. The highest BCUT2D eigenvalue weighted by Crippen LogP contribution is 2.48. The summed E-state index contributed by atoms with van der Waals surface area (Å²) in [6.45, 7) is 5.09. The van der Waals surface area contributed by atoms with E-state index in [-0.39, 0.29) is 0 Å². The molecule has 1 aromatic carbocycles. The highest BCUT2D eigenvalue weighted by Gasteiger charge is 2.46. The van der Waals surface area contributed by atoms with E-state index in [1.807, 2.05) is 13.8 Å². The first-order valence-electron chi connectivity index (χ1n) is 10.3. The normalized spacial score (nSPS) is 24.7. The van der Waals surface area contributed by atoms with E-state index < -0.39 is 0 Å². The molecule has 2 fully saturated rings. The van der Waals surface area contributed by atoms with Crippen LogP contribution < -0.4 is 0 Å². The second-order valence-electron chi connectivity index (χ2n) is 8.07. The molecule has 6 nitrogen and oxygen atoms in total. The highest BCUT2D eigenvalue weighted by atomic mass is 16.5. The third kappa shape index (κ3) is 3.05. The highest BCUT2D eigenvalue weighted by molar-refractivity contribution is 5.25. The van der Waals surface area contributed by atoms with Crippen LogP contribution in [0.5, 0.6) is 0 Å². The van der Waals surface area contributed by atoms with Gasteiger partial charge in [0.1, 0.15) is 5.76 Å². The fraction of sp³-hybridized carbons (Fsp3) is 0.500. The molecule has 3 atom stereocenters. The smallest absolute Gasteiger partial charge is 0.226 e. The van der Waals surface area contributed by atoms with Crippen molar-refractivity contribution in [3.63, 3.8) is 0 Å². The van der Waals surface area contributed by atoms with Gasteiger partial charge in [-0.25, -0.2) is 0 Å². The van der Waals surface area contributed by atoms with Gasteiger partial charge in [0.25, 0.3) is 0 Å². The first kappa shape index (κ1) is 17.6. The van der Waals surface area contributed by atoms with Crippen LogP contribution in [-0.4, -0.2) is 32.8 Å². The molecule has 146 valence electrons. The third-order valence-corrected chi connectivity index (χ3v) is 6.45. The average Bonchev–Trinajstić information content (AvgIpc) is 3.47. The second-order valence-corrected chi connectivity index (χ2v) is 8.07. The molecule has 4 heterocycles. The van der Waals surface area contributed by atoms with Crippen LogP contribution in [0, 0.1) is 13.8 Å². The summed E-state index contributed by atoms with van der Waals surface area (Å²) in [6.07, 6.45) is 5.07. The number of benzene rings is 1. The van der Waals surface area contributed by atoms with Gasteiger partial charge in [0.15, 0.2) is 5.82 Å². The van der Waals surface area contributed by atoms with Gasteiger partial charge in [-0.2, -0.15) is 4.98 Å². The van der Waals surface area contributed by atoms with Crippen molar-refractivity contribution in [2.75, 3.05) is 6.54 Å². The van der Waals surface area contributed by atoms with Crippen LogP contribution in [0.25, 0.3) is 0 Å². The van der Waals surface area contributed by atoms with Gasteiger partial charge in [-0.05, 0) is 51.6 Å². The predicted molar refractivity (Wildman–Crippen MR) is 104 cm³/mol. The number of hydrogen-bond acceptors (Lipinski definition) is 6. The van der Waals surface area contributed by atoms with Gasteiger partial charge in [-0.1, -0.05) is 40.6 Å². The van der Waals surface area contributed by atoms with E-state index >= 15 is 0 Å². The summed E-state index contributed by atoms with van der Waals surface area (Å²) >= 11 is 0. The Morgan fingerprint density at radius 2 is 1.93 bits per heavy atom.